The summed E-state index contributed by atoms with van der Waals surface area (Å²) in [5.41, 5.74) is 12.3. The highest BCUT2D eigenvalue weighted by Crippen LogP contribution is 2.29. The van der Waals surface area contributed by atoms with Crippen molar-refractivity contribution in [2.45, 2.75) is 33.7 Å². The van der Waals surface area contributed by atoms with Gasteiger partial charge in [-0.3, -0.25) is 0 Å². The highest BCUT2D eigenvalue weighted by atomic mass is 14.7. The van der Waals surface area contributed by atoms with Crippen LogP contribution >= 0.6 is 0 Å². The van der Waals surface area contributed by atoms with E-state index in [1.54, 1.807) is 0 Å². The molecule has 2 aromatic rings. The summed E-state index contributed by atoms with van der Waals surface area (Å²) in [4.78, 5) is 3.42. The number of nitrogens with two attached hydrogens (primary N) is 1. The van der Waals surface area contributed by atoms with Crippen LogP contribution in [0.4, 0.5) is 0 Å². The number of aromatic nitrogens is 1. The first-order valence-electron chi connectivity index (χ1n) is 5.35. The van der Waals surface area contributed by atoms with Gasteiger partial charge < -0.3 is 10.7 Å². The molecule has 0 saturated carbocycles. The minimum Gasteiger partial charge on any atom is -0.358 e. The lowest BCUT2D eigenvalue weighted by atomic mass is 10.0. The van der Waals surface area contributed by atoms with Crippen LogP contribution in [0.1, 0.15) is 35.3 Å². The van der Waals surface area contributed by atoms with Crippen LogP contribution in [0.3, 0.4) is 0 Å². The molecule has 0 saturated heterocycles. The lowest BCUT2D eigenvalue weighted by molar-refractivity contribution is 0.816. The Hall–Kier alpha value is -1.28. The Labute approximate surface area is 90.5 Å². The second-order valence-corrected chi connectivity index (χ2v) is 4.46. The molecular formula is C13H18N2. The summed E-state index contributed by atoms with van der Waals surface area (Å²) in [6.45, 7) is 8.39. The van der Waals surface area contributed by atoms with Gasteiger partial charge in [0.25, 0.3) is 0 Å². The summed E-state index contributed by atoms with van der Waals surface area (Å²) < 4.78 is 0. The molecule has 15 heavy (non-hydrogen) atoms. The van der Waals surface area contributed by atoms with E-state index < -0.39 is 0 Å². The molecule has 2 nitrogen and oxygen atoms in total. The van der Waals surface area contributed by atoms with Crippen LogP contribution in [-0.4, -0.2) is 4.98 Å². The number of hydrogen-bond donors (Lipinski definition) is 2. The van der Waals surface area contributed by atoms with Gasteiger partial charge in [0.05, 0.1) is 0 Å². The molecule has 1 atom stereocenters. The molecule has 1 unspecified atom stereocenters. The summed E-state index contributed by atoms with van der Waals surface area (Å²) in [7, 11) is 0. The minimum absolute atomic E-state index is 0.0833. The second-order valence-electron chi connectivity index (χ2n) is 4.46. The Bertz CT molecular complexity index is 507. The number of H-pyrrole nitrogens is 1. The molecule has 0 fully saturated rings. The van der Waals surface area contributed by atoms with Gasteiger partial charge in [0.2, 0.25) is 0 Å². The second kappa shape index (κ2) is 3.38. The van der Waals surface area contributed by atoms with Gasteiger partial charge in [0.15, 0.2) is 0 Å². The standard InChI is InChI=1S/C13H18N2/c1-7-5-8(2)13-11(6-7)12(9(3)14)10(4)15-13/h5-6,9,15H,14H2,1-4H3. The maximum atomic E-state index is 6.01. The fourth-order valence-corrected chi connectivity index (χ4v) is 2.39. The summed E-state index contributed by atoms with van der Waals surface area (Å²) in [6.07, 6.45) is 0. The van der Waals surface area contributed by atoms with Crippen molar-refractivity contribution in [1.29, 1.82) is 0 Å². The Kier molecular flexibility index (Phi) is 2.31. The van der Waals surface area contributed by atoms with E-state index in [1.165, 1.54) is 33.3 Å². The van der Waals surface area contributed by atoms with Crippen LogP contribution in [0.2, 0.25) is 0 Å². The van der Waals surface area contributed by atoms with Gasteiger partial charge in [0.1, 0.15) is 0 Å². The van der Waals surface area contributed by atoms with E-state index in [0.717, 1.165) is 0 Å². The van der Waals surface area contributed by atoms with Crippen molar-refractivity contribution in [3.8, 4) is 0 Å². The first kappa shape index (κ1) is 10.2. The summed E-state index contributed by atoms with van der Waals surface area (Å²) in [6, 6.07) is 4.49. The molecule has 2 rings (SSSR count). The molecule has 0 bridgehead atoms. The molecule has 1 aromatic carbocycles. The Balaban J connectivity index is 2.86. The van der Waals surface area contributed by atoms with Crippen molar-refractivity contribution in [3.63, 3.8) is 0 Å². The molecule has 0 spiro atoms. The molecule has 0 aliphatic carbocycles. The van der Waals surface area contributed by atoms with E-state index >= 15 is 0 Å². The number of rotatable bonds is 1. The van der Waals surface area contributed by atoms with Crippen molar-refractivity contribution in [2.24, 2.45) is 5.73 Å². The van der Waals surface area contributed by atoms with E-state index in [4.69, 9.17) is 5.73 Å². The smallest absolute Gasteiger partial charge is 0.0489 e. The zero-order valence-corrected chi connectivity index (χ0v) is 9.81. The normalized spacial score (nSPS) is 13.4. The van der Waals surface area contributed by atoms with Gasteiger partial charge in [-0.1, -0.05) is 11.6 Å². The van der Waals surface area contributed by atoms with Gasteiger partial charge in [-0.2, -0.15) is 0 Å². The average molecular weight is 202 g/mol. The fourth-order valence-electron chi connectivity index (χ4n) is 2.39. The predicted molar refractivity (Wildman–Crippen MR) is 65.1 cm³/mol. The maximum Gasteiger partial charge on any atom is 0.0489 e. The number of aryl methyl sites for hydroxylation is 3. The summed E-state index contributed by atoms with van der Waals surface area (Å²) in [5, 5.41) is 1.28. The highest BCUT2D eigenvalue weighted by Gasteiger charge is 2.13. The quantitative estimate of drug-likeness (QED) is 0.733. The third kappa shape index (κ3) is 1.55. The largest absolute Gasteiger partial charge is 0.358 e. The summed E-state index contributed by atoms with van der Waals surface area (Å²) in [5.74, 6) is 0. The average Bonchev–Trinajstić information content (AvgIpc) is 2.41. The van der Waals surface area contributed by atoms with E-state index in [-0.39, 0.29) is 6.04 Å². The van der Waals surface area contributed by atoms with Crippen LogP contribution in [-0.2, 0) is 0 Å². The fraction of sp³-hybridized carbons (Fsp3) is 0.385. The minimum atomic E-state index is 0.0833. The Morgan fingerprint density at radius 3 is 2.47 bits per heavy atom. The molecule has 0 aliphatic rings. The Morgan fingerprint density at radius 1 is 1.20 bits per heavy atom. The van der Waals surface area contributed by atoms with Crippen LogP contribution in [0.15, 0.2) is 12.1 Å². The third-order valence-corrected chi connectivity index (χ3v) is 2.94. The number of hydrogen-bond acceptors (Lipinski definition) is 1. The first-order valence-corrected chi connectivity index (χ1v) is 5.35. The zero-order valence-electron chi connectivity index (χ0n) is 9.81. The highest BCUT2D eigenvalue weighted by molar-refractivity contribution is 5.88. The lowest BCUT2D eigenvalue weighted by Crippen LogP contribution is -2.05. The Morgan fingerprint density at radius 2 is 1.87 bits per heavy atom. The van der Waals surface area contributed by atoms with Crippen molar-refractivity contribution in [2.75, 3.05) is 0 Å². The van der Waals surface area contributed by atoms with Crippen molar-refractivity contribution < 1.29 is 0 Å². The molecule has 0 amide bonds. The number of benzene rings is 1. The van der Waals surface area contributed by atoms with Gasteiger partial charge in [-0.15, -0.1) is 0 Å². The van der Waals surface area contributed by atoms with Gasteiger partial charge in [-0.25, -0.2) is 0 Å². The molecule has 80 valence electrons. The molecule has 3 N–H and O–H groups in total. The third-order valence-electron chi connectivity index (χ3n) is 2.94. The number of nitrogens with one attached hydrogen (secondary N) is 1. The SMILES string of the molecule is Cc1cc(C)c2[nH]c(C)c(C(C)N)c2c1. The van der Waals surface area contributed by atoms with E-state index in [2.05, 4.69) is 37.9 Å². The molecule has 0 radical (unpaired) electrons. The lowest BCUT2D eigenvalue weighted by Gasteiger charge is -2.06. The van der Waals surface area contributed by atoms with Crippen LogP contribution in [0.5, 0.6) is 0 Å². The van der Waals surface area contributed by atoms with Gasteiger partial charge >= 0.3 is 0 Å². The molecule has 2 heteroatoms. The van der Waals surface area contributed by atoms with E-state index in [9.17, 15) is 0 Å². The van der Waals surface area contributed by atoms with Crippen LogP contribution in [0.25, 0.3) is 10.9 Å². The molecule has 1 heterocycles. The van der Waals surface area contributed by atoms with Gasteiger partial charge in [0, 0.05) is 22.6 Å². The zero-order chi connectivity index (χ0) is 11.2. The van der Waals surface area contributed by atoms with E-state index in [0.29, 0.717) is 0 Å². The first-order chi connectivity index (χ1) is 7.00. The number of fused-ring (bicyclic) bond motifs is 1. The van der Waals surface area contributed by atoms with Crippen LogP contribution in [0, 0.1) is 20.8 Å². The summed E-state index contributed by atoms with van der Waals surface area (Å²) >= 11 is 0. The van der Waals surface area contributed by atoms with Crippen molar-refractivity contribution >= 4 is 10.9 Å². The monoisotopic (exact) mass is 202 g/mol. The maximum absolute atomic E-state index is 6.01. The number of aromatic amines is 1. The van der Waals surface area contributed by atoms with Crippen LogP contribution < -0.4 is 5.73 Å². The molecule has 0 aliphatic heterocycles. The van der Waals surface area contributed by atoms with Crippen molar-refractivity contribution in [1.82, 2.24) is 4.98 Å². The van der Waals surface area contributed by atoms with Gasteiger partial charge in [-0.05, 0) is 44.9 Å². The molecule has 1 aromatic heterocycles. The predicted octanol–water partition coefficient (Wildman–Crippen LogP) is 3.11. The van der Waals surface area contributed by atoms with Crippen molar-refractivity contribution in [3.05, 3.63) is 34.5 Å². The topological polar surface area (TPSA) is 41.8 Å². The van der Waals surface area contributed by atoms with E-state index in [1.807, 2.05) is 6.92 Å². The molecular weight excluding hydrogens is 184 g/mol.